The summed E-state index contributed by atoms with van der Waals surface area (Å²) in [4.78, 5) is 30.9. The summed E-state index contributed by atoms with van der Waals surface area (Å²) in [5.74, 6) is -0.338. The largest absolute Gasteiger partial charge is 0.508 e. The molecule has 5 rings (SSSR count). The van der Waals surface area contributed by atoms with Gasteiger partial charge in [-0.05, 0) is 62.6 Å². The zero-order valence-corrected chi connectivity index (χ0v) is 25.4. The molecule has 236 valence electrons. The Bertz CT molecular complexity index is 1820. The number of ether oxygens (including phenoxy) is 2. The minimum atomic E-state index is -1.14. The molecule has 2 aromatic carbocycles. The van der Waals surface area contributed by atoms with Crippen LogP contribution in [0.1, 0.15) is 44.1 Å². The van der Waals surface area contributed by atoms with Crippen LogP contribution in [0.2, 0.25) is 0 Å². The van der Waals surface area contributed by atoms with Crippen LogP contribution in [0.25, 0.3) is 22.1 Å². The summed E-state index contributed by atoms with van der Waals surface area (Å²) < 4.78 is 18.9. The van der Waals surface area contributed by atoms with E-state index in [1.165, 1.54) is 12.1 Å². The maximum Gasteiger partial charge on any atom is 0.335 e. The first-order chi connectivity index (χ1) is 21.6. The number of esters is 1. The van der Waals surface area contributed by atoms with E-state index in [0.717, 1.165) is 11.6 Å². The molecule has 0 saturated carbocycles. The highest BCUT2D eigenvalue weighted by molar-refractivity contribution is 6.01. The number of phenols is 2. The van der Waals surface area contributed by atoms with E-state index in [9.17, 15) is 24.9 Å². The molecular formula is C34H37N3O8. The summed E-state index contributed by atoms with van der Waals surface area (Å²) >= 11 is 0. The molecule has 0 amide bonds. The van der Waals surface area contributed by atoms with E-state index in [4.69, 9.17) is 19.6 Å². The molecule has 1 aliphatic heterocycles. The maximum atomic E-state index is 13.4. The zero-order valence-electron chi connectivity index (χ0n) is 25.4. The van der Waals surface area contributed by atoms with E-state index in [2.05, 4.69) is 10.3 Å². The molecule has 0 bridgehead atoms. The summed E-state index contributed by atoms with van der Waals surface area (Å²) in [6.07, 6.45) is 3.37. The number of nitrogens with two attached hydrogens (primary N) is 1. The second-order valence-corrected chi connectivity index (χ2v) is 11.2. The van der Waals surface area contributed by atoms with Crippen molar-refractivity contribution >= 4 is 22.8 Å². The molecule has 2 aromatic heterocycles. The number of hydrogen-bond donors (Lipinski definition) is 5. The number of nitrogen functional groups attached to an aromatic ring is 1. The van der Waals surface area contributed by atoms with Crippen LogP contribution in [0.15, 0.2) is 69.5 Å². The lowest BCUT2D eigenvalue weighted by Gasteiger charge is -2.43. The standard InChI is InChI=1S/C34H37N3O8/c1-4-20(17-36-5-2)33(42)44-26-15-24-30(41)29-25(40)14-23(18-38)43-32(29)28(21-7-6-8-22(39)13-21)31(24)45-34(26,3)12-11-19-9-10-27(35)37-16-19/h4,6-10,13-14,16,26,36,38-39,41H,5,11-12,15,17-18H2,1-3H3,(H2,35,37). The fourth-order valence-electron chi connectivity index (χ4n) is 5.57. The molecule has 0 radical (unpaired) electrons. The van der Waals surface area contributed by atoms with Gasteiger partial charge in [0.2, 0.25) is 0 Å². The van der Waals surface area contributed by atoms with Gasteiger partial charge in [-0.2, -0.15) is 0 Å². The predicted molar refractivity (Wildman–Crippen MR) is 169 cm³/mol. The first-order valence-corrected chi connectivity index (χ1v) is 14.8. The number of carbonyl (C=O) groups excluding carboxylic acids is 1. The van der Waals surface area contributed by atoms with Gasteiger partial charge in [0.05, 0.1) is 5.56 Å². The van der Waals surface area contributed by atoms with Gasteiger partial charge >= 0.3 is 5.97 Å². The van der Waals surface area contributed by atoms with Crippen LogP contribution in [0.4, 0.5) is 5.82 Å². The fraction of sp³-hybridized carbons (Fsp3) is 0.324. The lowest BCUT2D eigenvalue weighted by molar-refractivity contribution is -0.158. The highest BCUT2D eigenvalue weighted by Gasteiger charge is 2.46. The molecule has 1 aliphatic rings. The predicted octanol–water partition coefficient (Wildman–Crippen LogP) is 4.13. The van der Waals surface area contributed by atoms with E-state index in [1.807, 2.05) is 19.9 Å². The average Bonchev–Trinajstić information content (AvgIpc) is 3.02. The Morgan fingerprint density at radius 3 is 2.71 bits per heavy atom. The number of rotatable bonds is 10. The molecule has 6 N–H and O–H groups in total. The van der Waals surface area contributed by atoms with Crippen molar-refractivity contribution in [2.45, 2.75) is 58.3 Å². The number of aliphatic hydroxyl groups excluding tert-OH is 1. The van der Waals surface area contributed by atoms with Gasteiger partial charge in [0.15, 0.2) is 11.0 Å². The second kappa shape index (κ2) is 13.0. The van der Waals surface area contributed by atoms with Crippen LogP contribution < -0.4 is 21.2 Å². The molecule has 2 atom stereocenters. The fourth-order valence-corrected chi connectivity index (χ4v) is 5.57. The van der Waals surface area contributed by atoms with E-state index < -0.39 is 29.7 Å². The van der Waals surface area contributed by atoms with Crippen molar-refractivity contribution in [2.75, 3.05) is 18.8 Å². The Kier molecular flexibility index (Phi) is 9.12. The Balaban J connectivity index is 1.69. The van der Waals surface area contributed by atoms with Crippen molar-refractivity contribution in [3.05, 3.63) is 87.4 Å². The third kappa shape index (κ3) is 6.36. The molecule has 2 unspecified atom stereocenters. The van der Waals surface area contributed by atoms with Gasteiger partial charge in [-0.15, -0.1) is 0 Å². The molecular weight excluding hydrogens is 578 g/mol. The Morgan fingerprint density at radius 2 is 2.04 bits per heavy atom. The Morgan fingerprint density at radius 1 is 1.24 bits per heavy atom. The number of aliphatic hydroxyl groups is 1. The number of fused-ring (bicyclic) bond motifs is 2. The Hall–Kier alpha value is -4.87. The molecule has 4 aromatic rings. The number of aromatic hydroxyl groups is 2. The Labute approximate surface area is 259 Å². The summed E-state index contributed by atoms with van der Waals surface area (Å²) in [5.41, 5.74) is 6.42. The van der Waals surface area contributed by atoms with E-state index in [1.54, 1.807) is 37.4 Å². The lowest BCUT2D eigenvalue weighted by Crippen LogP contribution is -2.52. The molecule has 0 spiro atoms. The molecule has 0 fully saturated rings. The number of hydrogen-bond acceptors (Lipinski definition) is 11. The van der Waals surface area contributed by atoms with Crippen molar-refractivity contribution in [3.8, 4) is 28.4 Å². The van der Waals surface area contributed by atoms with Crippen LogP contribution >= 0.6 is 0 Å². The number of aryl methyl sites for hydroxylation is 1. The number of anilines is 1. The van der Waals surface area contributed by atoms with Crippen LogP contribution in [0.5, 0.6) is 17.2 Å². The number of allylic oxidation sites excluding steroid dienone is 1. The van der Waals surface area contributed by atoms with Crippen LogP contribution in [0, 0.1) is 0 Å². The SMILES string of the molecule is CC=C(CNCC)C(=O)OC1Cc2c(c(-c3cccc(O)c3)c3oc(CO)cc(=O)c3c2O)OC1(C)CCc1ccc(N)nc1. The topological polar surface area (TPSA) is 177 Å². The molecule has 3 heterocycles. The summed E-state index contributed by atoms with van der Waals surface area (Å²) in [5, 5.41) is 34.8. The summed E-state index contributed by atoms with van der Waals surface area (Å²) in [6, 6.07) is 11.0. The van der Waals surface area contributed by atoms with E-state index in [-0.39, 0.29) is 46.0 Å². The maximum absolute atomic E-state index is 13.4. The first kappa shape index (κ1) is 31.6. The van der Waals surface area contributed by atoms with Gasteiger partial charge in [-0.3, -0.25) is 4.79 Å². The molecule has 11 nitrogen and oxygen atoms in total. The number of aromatic nitrogens is 1. The second-order valence-electron chi connectivity index (χ2n) is 11.2. The highest BCUT2D eigenvalue weighted by atomic mass is 16.6. The molecule has 11 heteroatoms. The van der Waals surface area contributed by atoms with Gasteiger partial charge in [0.25, 0.3) is 0 Å². The van der Waals surface area contributed by atoms with Gasteiger partial charge in [-0.1, -0.05) is 31.2 Å². The third-order valence-electron chi connectivity index (χ3n) is 8.13. The number of carbonyl (C=O) groups is 1. The van der Waals surface area contributed by atoms with Crippen molar-refractivity contribution in [3.63, 3.8) is 0 Å². The molecule has 0 saturated heterocycles. The number of pyridine rings is 1. The number of nitrogens with zero attached hydrogens (tertiary/aromatic N) is 1. The van der Waals surface area contributed by atoms with Gasteiger partial charge in [0.1, 0.15) is 52.5 Å². The summed E-state index contributed by atoms with van der Waals surface area (Å²) in [7, 11) is 0. The number of nitrogens with one attached hydrogen (secondary N) is 1. The lowest BCUT2D eigenvalue weighted by atomic mass is 9.82. The normalized spacial score (nSPS) is 18.0. The van der Waals surface area contributed by atoms with Crippen molar-refractivity contribution < 1.29 is 34.0 Å². The quantitative estimate of drug-likeness (QED) is 0.128. The van der Waals surface area contributed by atoms with E-state index in [0.29, 0.717) is 48.4 Å². The number of likely N-dealkylation sites (N-methyl/N-ethyl adjacent to an activating group) is 1. The minimum Gasteiger partial charge on any atom is -0.508 e. The van der Waals surface area contributed by atoms with Crippen LogP contribution in [0.3, 0.4) is 0 Å². The minimum absolute atomic E-state index is 0.00391. The smallest absolute Gasteiger partial charge is 0.335 e. The van der Waals surface area contributed by atoms with Crippen molar-refractivity contribution in [1.82, 2.24) is 10.3 Å². The van der Waals surface area contributed by atoms with E-state index >= 15 is 0 Å². The van der Waals surface area contributed by atoms with Gasteiger partial charge in [0, 0.05) is 36.4 Å². The molecule has 0 aliphatic carbocycles. The number of benzene rings is 2. The first-order valence-electron chi connectivity index (χ1n) is 14.8. The van der Waals surface area contributed by atoms with Crippen molar-refractivity contribution in [2.24, 2.45) is 0 Å². The monoisotopic (exact) mass is 615 g/mol. The highest BCUT2D eigenvalue weighted by Crippen LogP contribution is 2.51. The average molecular weight is 616 g/mol. The van der Waals surface area contributed by atoms with Gasteiger partial charge < -0.3 is 40.3 Å². The molecule has 45 heavy (non-hydrogen) atoms. The third-order valence-corrected chi connectivity index (χ3v) is 8.13. The zero-order chi connectivity index (χ0) is 32.3. The van der Waals surface area contributed by atoms with Gasteiger partial charge in [-0.25, -0.2) is 9.78 Å². The van der Waals surface area contributed by atoms with Crippen LogP contribution in [-0.2, 0) is 29.0 Å². The summed E-state index contributed by atoms with van der Waals surface area (Å²) in [6.45, 7) is 5.95. The van der Waals surface area contributed by atoms with Crippen molar-refractivity contribution in [1.29, 1.82) is 0 Å². The van der Waals surface area contributed by atoms with Crippen LogP contribution in [-0.4, -0.2) is 51.1 Å². The number of phenolic OH excluding ortho intramolecular Hbond substituents is 2.